The predicted octanol–water partition coefficient (Wildman–Crippen LogP) is -1.49. The summed E-state index contributed by atoms with van der Waals surface area (Å²) in [5.74, 6) is -0.442. The quantitative estimate of drug-likeness (QED) is 0.243. The summed E-state index contributed by atoms with van der Waals surface area (Å²) in [6, 6.07) is 0. The van der Waals surface area contributed by atoms with E-state index >= 15 is 0 Å². The van der Waals surface area contributed by atoms with E-state index < -0.39 is 0 Å². The average molecular weight is 190 g/mol. The molecule has 0 amide bonds. The van der Waals surface area contributed by atoms with Crippen molar-refractivity contribution in [2.24, 2.45) is 16.6 Å². The van der Waals surface area contributed by atoms with Crippen molar-refractivity contribution in [3.63, 3.8) is 0 Å². The number of hydroxylamine groups is 2. The average Bonchev–Trinajstić information content (AvgIpc) is 2.10. The van der Waals surface area contributed by atoms with Gasteiger partial charge in [-0.25, -0.2) is 5.48 Å². The number of hydrogen-bond acceptors (Lipinski definition) is 4. The Hall–Kier alpha value is -1.54. The van der Waals surface area contributed by atoms with Crippen LogP contribution in [0.1, 0.15) is 6.92 Å². The van der Waals surface area contributed by atoms with E-state index in [1.54, 1.807) is 6.92 Å². The SMILES string of the molecule is CCONC(N)=NN(OC)C(=N)N. The van der Waals surface area contributed by atoms with E-state index in [1.807, 2.05) is 0 Å². The summed E-state index contributed by atoms with van der Waals surface area (Å²) < 4.78 is 0. The summed E-state index contributed by atoms with van der Waals surface area (Å²) in [6.07, 6.45) is 0. The number of rotatable bonds is 4. The molecule has 0 rings (SSSR count). The standard InChI is InChI=1S/C5H14N6O2/c1-3-13-10-5(8)9-11(12-2)4(6)7/h3H2,1-2H3,(H3,6,7)(H3,8,9,10). The fourth-order valence-electron chi connectivity index (χ4n) is 0.457. The van der Waals surface area contributed by atoms with E-state index in [2.05, 4.69) is 15.4 Å². The lowest BCUT2D eigenvalue weighted by Crippen LogP contribution is -2.38. The highest BCUT2D eigenvalue weighted by molar-refractivity contribution is 5.79. The van der Waals surface area contributed by atoms with Gasteiger partial charge in [-0.1, -0.05) is 5.17 Å². The molecule has 0 aliphatic rings. The Labute approximate surface area is 75.9 Å². The van der Waals surface area contributed by atoms with Crippen molar-refractivity contribution in [1.82, 2.24) is 10.7 Å². The van der Waals surface area contributed by atoms with Crippen LogP contribution >= 0.6 is 0 Å². The predicted molar refractivity (Wildman–Crippen MR) is 47.1 cm³/mol. The minimum atomic E-state index is -0.385. The third-order valence-electron chi connectivity index (χ3n) is 0.899. The monoisotopic (exact) mass is 190 g/mol. The molecule has 8 heteroatoms. The van der Waals surface area contributed by atoms with Crippen LogP contribution in [0.5, 0.6) is 0 Å². The molecular formula is C5H14N6O2. The van der Waals surface area contributed by atoms with Gasteiger partial charge in [0.05, 0.1) is 13.7 Å². The van der Waals surface area contributed by atoms with Gasteiger partial charge in [-0.05, 0) is 6.92 Å². The van der Waals surface area contributed by atoms with Crippen molar-refractivity contribution < 1.29 is 9.68 Å². The summed E-state index contributed by atoms with van der Waals surface area (Å²) in [4.78, 5) is 9.30. The molecule has 6 N–H and O–H groups in total. The zero-order valence-corrected chi connectivity index (χ0v) is 7.57. The summed E-state index contributed by atoms with van der Waals surface area (Å²) in [5.41, 5.74) is 12.7. The Morgan fingerprint density at radius 1 is 1.62 bits per heavy atom. The zero-order valence-electron chi connectivity index (χ0n) is 7.57. The highest BCUT2D eigenvalue weighted by Crippen LogP contribution is 1.85. The van der Waals surface area contributed by atoms with Crippen LogP contribution in [0.2, 0.25) is 0 Å². The first-order chi connectivity index (χ1) is 6.11. The van der Waals surface area contributed by atoms with E-state index in [1.165, 1.54) is 7.11 Å². The molecule has 0 spiro atoms. The van der Waals surface area contributed by atoms with Crippen molar-refractivity contribution in [3.8, 4) is 0 Å². The highest BCUT2D eigenvalue weighted by Gasteiger charge is 2.03. The molecule has 8 nitrogen and oxygen atoms in total. The lowest BCUT2D eigenvalue weighted by Gasteiger charge is -2.13. The number of nitrogens with zero attached hydrogens (tertiary/aromatic N) is 2. The fourth-order valence-corrected chi connectivity index (χ4v) is 0.457. The first-order valence-electron chi connectivity index (χ1n) is 3.52. The van der Waals surface area contributed by atoms with E-state index in [9.17, 15) is 0 Å². The van der Waals surface area contributed by atoms with Crippen molar-refractivity contribution in [3.05, 3.63) is 0 Å². The maximum absolute atomic E-state index is 6.97. The molecule has 0 saturated heterocycles. The maximum Gasteiger partial charge on any atom is 0.238 e. The molecule has 0 aromatic heterocycles. The Morgan fingerprint density at radius 3 is 2.62 bits per heavy atom. The first-order valence-corrected chi connectivity index (χ1v) is 3.52. The number of nitrogens with two attached hydrogens (primary N) is 2. The topological polar surface area (TPSA) is 122 Å². The van der Waals surface area contributed by atoms with Gasteiger partial charge in [-0.2, -0.15) is 0 Å². The van der Waals surface area contributed by atoms with Crippen LogP contribution in [0.3, 0.4) is 0 Å². The number of guanidine groups is 2. The van der Waals surface area contributed by atoms with Crippen molar-refractivity contribution >= 4 is 11.9 Å². The zero-order chi connectivity index (χ0) is 10.3. The third kappa shape index (κ3) is 4.82. The molecule has 0 heterocycles. The largest absolute Gasteiger partial charge is 0.367 e. The first kappa shape index (κ1) is 11.5. The fraction of sp³-hybridized carbons (Fsp3) is 0.600. The molecule has 0 aliphatic heterocycles. The van der Waals surface area contributed by atoms with Crippen LogP contribution < -0.4 is 16.9 Å². The number of nitrogens with one attached hydrogen (secondary N) is 2. The number of hydrogen-bond donors (Lipinski definition) is 4. The van der Waals surface area contributed by atoms with Gasteiger partial charge >= 0.3 is 0 Å². The van der Waals surface area contributed by atoms with Crippen molar-refractivity contribution in [1.29, 1.82) is 5.41 Å². The van der Waals surface area contributed by atoms with Crippen LogP contribution in [-0.2, 0) is 9.68 Å². The molecule has 0 atom stereocenters. The summed E-state index contributed by atoms with van der Waals surface area (Å²) in [5, 5.41) is 11.3. The minimum Gasteiger partial charge on any atom is -0.367 e. The van der Waals surface area contributed by atoms with Crippen LogP contribution in [0.4, 0.5) is 0 Å². The summed E-state index contributed by atoms with van der Waals surface area (Å²) in [7, 11) is 1.30. The molecule has 0 aromatic rings. The lowest BCUT2D eigenvalue weighted by molar-refractivity contribution is -0.0669. The van der Waals surface area contributed by atoms with Gasteiger partial charge in [0, 0.05) is 0 Å². The summed E-state index contributed by atoms with van der Waals surface area (Å²) >= 11 is 0. The molecule has 0 aliphatic carbocycles. The Morgan fingerprint density at radius 2 is 2.23 bits per heavy atom. The lowest BCUT2D eigenvalue weighted by atomic mass is 10.9. The van der Waals surface area contributed by atoms with Gasteiger partial charge < -0.3 is 11.5 Å². The van der Waals surface area contributed by atoms with Crippen LogP contribution in [0.15, 0.2) is 5.10 Å². The maximum atomic E-state index is 6.97. The van der Waals surface area contributed by atoms with Gasteiger partial charge in [0.2, 0.25) is 11.9 Å². The van der Waals surface area contributed by atoms with E-state index in [-0.39, 0.29) is 11.9 Å². The van der Waals surface area contributed by atoms with Crippen LogP contribution in [0.25, 0.3) is 0 Å². The van der Waals surface area contributed by atoms with Crippen LogP contribution in [-0.4, -0.2) is 30.8 Å². The Bertz CT molecular complexity index is 193. The third-order valence-corrected chi connectivity index (χ3v) is 0.899. The molecule has 0 bridgehead atoms. The molecule has 0 aromatic carbocycles. The van der Waals surface area contributed by atoms with Gasteiger partial charge in [0.15, 0.2) is 0 Å². The second-order valence-corrected chi connectivity index (χ2v) is 1.86. The second kappa shape index (κ2) is 6.03. The number of hydrazone groups is 1. The van der Waals surface area contributed by atoms with Crippen LogP contribution in [0, 0.1) is 5.41 Å². The molecule has 0 fully saturated rings. The van der Waals surface area contributed by atoms with E-state index in [0.29, 0.717) is 6.61 Å². The molecular weight excluding hydrogens is 176 g/mol. The minimum absolute atomic E-state index is 0.0566. The van der Waals surface area contributed by atoms with Gasteiger partial charge in [-0.15, -0.1) is 5.10 Å². The molecule has 76 valence electrons. The Balaban J connectivity index is 4.08. The van der Waals surface area contributed by atoms with Gasteiger partial charge in [0.1, 0.15) is 0 Å². The smallest absolute Gasteiger partial charge is 0.238 e. The molecule has 0 unspecified atom stereocenters. The summed E-state index contributed by atoms with van der Waals surface area (Å²) in [6.45, 7) is 2.21. The van der Waals surface area contributed by atoms with Crippen molar-refractivity contribution in [2.45, 2.75) is 6.92 Å². The molecule has 13 heavy (non-hydrogen) atoms. The van der Waals surface area contributed by atoms with Gasteiger partial charge in [0.25, 0.3) is 0 Å². The Kier molecular flexibility index (Phi) is 5.32. The van der Waals surface area contributed by atoms with E-state index in [0.717, 1.165) is 5.17 Å². The normalized spacial score (nSPS) is 11.1. The molecule has 0 saturated carbocycles. The van der Waals surface area contributed by atoms with E-state index in [4.69, 9.17) is 21.7 Å². The second-order valence-electron chi connectivity index (χ2n) is 1.86. The van der Waals surface area contributed by atoms with Crippen molar-refractivity contribution in [2.75, 3.05) is 13.7 Å². The molecule has 0 radical (unpaired) electrons. The van der Waals surface area contributed by atoms with Gasteiger partial charge in [-0.3, -0.25) is 15.1 Å². The highest BCUT2D eigenvalue weighted by atomic mass is 16.7.